The maximum Gasteiger partial charge on any atom is 1.00 e. The van der Waals surface area contributed by atoms with Crippen LogP contribution in [0.1, 0.15) is 90.9 Å². The molecule has 20 heavy (non-hydrogen) atoms. The standard InChI is InChI=1S/C15H32O3S.Na/c1-3-4-5-6-7-8-9-10-11-12-13-14-15(2)19(16,17)18;/h15H,3-14H2,1-2H3,(H,16,17,18);/q;+1/p-1. The largest absolute Gasteiger partial charge is 1.00 e. The molecule has 0 heterocycles. The molecule has 0 bridgehead atoms. The molecule has 5 heteroatoms. The van der Waals surface area contributed by atoms with Gasteiger partial charge in [0.05, 0.1) is 10.1 Å². The van der Waals surface area contributed by atoms with E-state index in [0.29, 0.717) is 6.42 Å². The Morgan fingerprint density at radius 3 is 1.50 bits per heavy atom. The molecule has 3 nitrogen and oxygen atoms in total. The summed E-state index contributed by atoms with van der Waals surface area (Å²) in [6, 6.07) is 0. The second kappa shape index (κ2) is 14.8. The smallest absolute Gasteiger partial charge is 0.748 e. The van der Waals surface area contributed by atoms with Crippen LogP contribution in [0, 0.1) is 0 Å². The number of unbranched alkanes of at least 4 members (excludes halogenated alkanes) is 10. The Kier molecular flexibility index (Phi) is 17.2. The van der Waals surface area contributed by atoms with E-state index < -0.39 is 15.4 Å². The van der Waals surface area contributed by atoms with Crippen LogP contribution in [-0.2, 0) is 10.1 Å². The zero-order valence-electron chi connectivity index (χ0n) is 13.7. The molecule has 0 aromatic carbocycles. The average molecular weight is 314 g/mol. The summed E-state index contributed by atoms with van der Waals surface area (Å²) >= 11 is 0. The van der Waals surface area contributed by atoms with Crippen molar-refractivity contribution in [2.45, 2.75) is 96.1 Å². The van der Waals surface area contributed by atoms with Crippen molar-refractivity contribution in [3.8, 4) is 0 Å². The molecule has 1 unspecified atom stereocenters. The second-order valence-electron chi connectivity index (χ2n) is 5.63. The summed E-state index contributed by atoms with van der Waals surface area (Å²) in [5, 5.41) is -0.717. The van der Waals surface area contributed by atoms with E-state index in [0.717, 1.165) is 12.8 Å². The minimum atomic E-state index is -4.07. The maximum atomic E-state index is 10.7. The molecule has 0 aliphatic rings. The summed E-state index contributed by atoms with van der Waals surface area (Å²) < 4.78 is 32.1. The van der Waals surface area contributed by atoms with Gasteiger partial charge in [0.2, 0.25) is 0 Å². The third kappa shape index (κ3) is 15.3. The summed E-state index contributed by atoms with van der Waals surface area (Å²) in [4.78, 5) is 0. The molecule has 0 saturated heterocycles. The first-order valence-electron chi connectivity index (χ1n) is 7.93. The first-order chi connectivity index (χ1) is 8.98. The molecule has 1 atom stereocenters. The molecular weight excluding hydrogens is 283 g/mol. The van der Waals surface area contributed by atoms with Crippen LogP contribution >= 0.6 is 0 Å². The van der Waals surface area contributed by atoms with Crippen LogP contribution in [0.25, 0.3) is 0 Å². The maximum absolute atomic E-state index is 10.7. The normalized spacial score (nSPS) is 12.9. The van der Waals surface area contributed by atoms with Crippen molar-refractivity contribution in [1.82, 2.24) is 0 Å². The van der Waals surface area contributed by atoms with Crippen molar-refractivity contribution in [1.29, 1.82) is 0 Å². The topological polar surface area (TPSA) is 57.2 Å². The van der Waals surface area contributed by atoms with Crippen LogP contribution in [0.5, 0.6) is 0 Å². The Hall–Kier alpha value is 0.910. The first-order valence-corrected chi connectivity index (χ1v) is 9.40. The second-order valence-corrected chi connectivity index (χ2v) is 7.42. The van der Waals surface area contributed by atoms with Gasteiger partial charge >= 0.3 is 29.6 Å². The van der Waals surface area contributed by atoms with E-state index in [2.05, 4.69) is 6.92 Å². The SMILES string of the molecule is CCCCCCCCCCCCCC(C)S(=O)(=O)[O-].[Na+]. The van der Waals surface area contributed by atoms with Gasteiger partial charge in [0.25, 0.3) is 0 Å². The fourth-order valence-corrected chi connectivity index (χ4v) is 2.70. The van der Waals surface area contributed by atoms with Crippen molar-refractivity contribution in [3.63, 3.8) is 0 Å². The van der Waals surface area contributed by atoms with Crippen LogP contribution in [0.2, 0.25) is 0 Å². The van der Waals surface area contributed by atoms with Crippen LogP contribution < -0.4 is 29.6 Å². The third-order valence-electron chi connectivity index (χ3n) is 3.71. The molecular formula is C15H31NaO3S. The zero-order valence-corrected chi connectivity index (χ0v) is 16.5. The van der Waals surface area contributed by atoms with Gasteiger partial charge < -0.3 is 4.55 Å². The van der Waals surface area contributed by atoms with E-state index in [1.165, 1.54) is 64.7 Å². The van der Waals surface area contributed by atoms with E-state index in [1.54, 1.807) is 0 Å². The van der Waals surface area contributed by atoms with E-state index in [9.17, 15) is 13.0 Å². The summed E-state index contributed by atoms with van der Waals surface area (Å²) in [7, 11) is -4.07. The van der Waals surface area contributed by atoms with Gasteiger partial charge in [0, 0.05) is 5.25 Å². The average Bonchev–Trinajstić information content (AvgIpc) is 2.34. The first kappa shape index (κ1) is 23.2. The molecule has 0 rings (SSSR count). The molecule has 0 N–H and O–H groups in total. The number of rotatable bonds is 13. The minimum absolute atomic E-state index is 0. The monoisotopic (exact) mass is 314 g/mol. The minimum Gasteiger partial charge on any atom is -0.748 e. The Morgan fingerprint density at radius 2 is 1.15 bits per heavy atom. The Morgan fingerprint density at radius 1 is 0.800 bits per heavy atom. The summed E-state index contributed by atoms with van der Waals surface area (Å²) in [5.41, 5.74) is 0. The van der Waals surface area contributed by atoms with Gasteiger partial charge in [0.1, 0.15) is 0 Å². The van der Waals surface area contributed by atoms with Gasteiger partial charge in [-0.3, -0.25) is 0 Å². The molecule has 116 valence electrons. The summed E-state index contributed by atoms with van der Waals surface area (Å²) in [6.45, 7) is 3.75. The van der Waals surface area contributed by atoms with Crippen LogP contribution in [0.4, 0.5) is 0 Å². The molecule has 0 aliphatic carbocycles. The van der Waals surface area contributed by atoms with Crippen molar-refractivity contribution in [3.05, 3.63) is 0 Å². The molecule has 0 saturated carbocycles. The van der Waals surface area contributed by atoms with Crippen LogP contribution in [0.3, 0.4) is 0 Å². The molecule has 0 aromatic rings. The van der Waals surface area contributed by atoms with Crippen LogP contribution in [-0.4, -0.2) is 18.2 Å². The number of hydrogen-bond acceptors (Lipinski definition) is 3. The van der Waals surface area contributed by atoms with E-state index in [1.807, 2.05) is 0 Å². The molecule has 0 aromatic heterocycles. The van der Waals surface area contributed by atoms with Gasteiger partial charge in [-0.2, -0.15) is 0 Å². The zero-order chi connectivity index (χ0) is 14.6. The predicted molar refractivity (Wildman–Crippen MR) is 80.2 cm³/mol. The van der Waals surface area contributed by atoms with Gasteiger partial charge in [-0.25, -0.2) is 8.42 Å². The molecule has 0 radical (unpaired) electrons. The van der Waals surface area contributed by atoms with Gasteiger partial charge in [-0.1, -0.05) is 77.6 Å². The predicted octanol–water partition coefficient (Wildman–Crippen LogP) is 1.63. The Labute approximate surface area is 148 Å². The molecule has 0 fully saturated rings. The van der Waals surface area contributed by atoms with Crippen molar-refractivity contribution >= 4 is 10.1 Å². The van der Waals surface area contributed by atoms with Gasteiger partial charge in [-0.15, -0.1) is 0 Å². The van der Waals surface area contributed by atoms with Crippen LogP contribution in [0.15, 0.2) is 0 Å². The van der Waals surface area contributed by atoms with Gasteiger partial charge in [0.15, 0.2) is 0 Å². The van der Waals surface area contributed by atoms with Gasteiger partial charge in [-0.05, 0) is 13.3 Å². The van der Waals surface area contributed by atoms with E-state index >= 15 is 0 Å². The molecule has 0 spiro atoms. The van der Waals surface area contributed by atoms with Crippen molar-refractivity contribution < 1.29 is 42.5 Å². The number of hydrogen-bond donors (Lipinski definition) is 0. The fraction of sp³-hybridized carbons (Fsp3) is 1.00. The van der Waals surface area contributed by atoms with E-state index in [4.69, 9.17) is 0 Å². The molecule has 0 aliphatic heterocycles. The fourth-order valence-electron chi connectivity index (χ4n) is 2.24. The Balaban J connectivity index is 0. The summed E-state index contributed by atoms with van der Waals surface area (Å²) in [5.74, 6) is 0. The quantitative estimate of drug-likeness (QED) is 0.295. The molecule has 0 amide bonds. The van der Waals surface area contributed by atoms with E-state index in [-0.39, 0.29) is 29.6 Å². The summed E-state index contributed by atoms with van der Waals surface area (Å²) in [6.07, 6.45) is 14.2. The third-order valence-corrected chi connectivity index (χ3v) is 4.93. The van der Waals surface area contributed by atoms with Crippen molar-refractivity contribution in [2.24, 2.45) is 0 Å². The van der Waals surface area contributed by atoms with Crippen molar-refractivity contribution in [2.75, 3.05) is 0 Å². The Bertz CT molecular complexity index is 291.